The van der Waals surface area contributed by atoms with Crippen molar-refractivity contribution in [1.29, 1.82) is 0 Å². The van der Waals surface area contributed by atoms with Crippen molar-refractivity contribution in [2.45, 2.75) is 39.5 Å². The summed E-state index contributed by atoms with van der Waals surface area (Å²) in [6.07, 6.45) is 3.26. The number of hydrogen-bond donors (Lipinski definition) is 0. The Bertz CT molecular complexity index is 1070. The third-order valence-corrected chi connectivity index (χ3v) is 5.88. The predicted octanol–water partition coefficient (Wildman–Crippen LogP) is 4.55. The molecule has 2 heterocycles. The number of oxazole rings is 1. The third-order valence-electron chi connectivity index (χ3n) is 5.88. The van der Waals surface area contributed by atoms with Gasteiger partial charge in [0.2, 0.25) is 17.7 Å². The molecule has 0 atom stereocenters. The molecule has 0 N–H and O–H groups in total. The van der Waals surface area contributed by atoms with Crippen molar-refractivity contribution in [3.8, 4) is 11.5 Å². The first-order valence-electron chi connectivity index (χ1n) is 11.2. The summed E-state index contributed by atoms with van der Waals surface area (Å²) < 4.78 is 5.82. The monoisotopic (exact) mass is 431 g/mol. The smallest absolute Gasteiger partial charge is 0.242 e. The van der Waals surface area contributed by atoms with Crippen LogP contribution in [-0.2, 0) is 16.0 Å². The molecular weight excluding hydrogens is 402 g/mol. The van der Waals surface area contributed by atoms with Gasteiger partial charge in [-0.05, 0) is 57.4 Å². The maximum Gasteiger partial charge on any atom is 0.242 e. The normalized spacial score (nSPS) is 13.8. The number of piperidine rings is 1. The van der Waals surface area contributed by atoms with E-state index in [2.05, 4.69) is 4.98 Å². The van der Waals surface area contributed by atoms with Gasteiger partial charge in [0.05, 0.1) is 12.1 Å². The Morgan fingerprint density at radius 2 is 1.66 bits per heavy atom. The number of carbonyl (C=O) groups excluding carboxylic acids is 2. The molecule has 0 radical (unpaired) electrons. The van der Waals surface area contributed by atoms with Crippen LogP contribution in [0, 0.1) is 13.8 Å². The molecule has 1 fully saturated rings. The quantitative estimate of drug-likeness (QED) is 0.574. The Labute approximate surface area is 188 Å². The number of nitrogens with zero attached hydrogens (tertiary/aromatic N) is 3. The average Bonchev–Trinajstić information content (AvgIpc) is 3.19. The van der Waals surface area contributed by atoms with Crippen LogP contribution in [-0.4, -0.2) is 41.3 Å². The number of rotatable bonds is 6. The first-order chi connectivity index (χ1) is 15.5. The van der Waals surface area contributed by atoms with Crippen LogP contribution in [0.3, 0.4) is 0 Å². The number of likely N-dealkylation sites (tertiary alicyclic amines) is 1. The largest absolute Gasteiger partial charge is 0.441 e. The fourth-order valence-corrected chi connectivity index (χ4v) is 3.96. The summed E-state index contributed by atoms with van der Waals surface area (Å²) in [6, 6.07) is 17.3. The third kappa shape index (κ3) is 5.07. The fourth-order valence-electron chi connectivity index (χ4n) is 3.96. The minimum absolute atomic E-state index is 0.0134. The average molecular weight is 432 g/mol. The lowest BCUT2D eigenvalue weighted by Crippen LogP contribution is -2.45. The minimum atomic E-state index is -0.171. The number of aryl methyl sites for hydroxylation is 2. The highest BCUT2D eigenvalue weighted by Gasteiger charge is 2.25. The van der Waals surface area contributed by atoms with Crippen molar-refractivity contribution in [3.05, 3.63) is 71.6 Å². The summed E-state index contributed by atoms with van der Waals surface area (Å²) >= 11 is 0. The lowest BCUT2D eigenvalue weighted by molar-refractivity contribution is -0.132. The minimum Gasteiger partial charge on any atom is -0.441 e. The van der Waals surface area contributed by atoms with E-state index in [9.17, 15) is 9.59 Å². The van der Waals surface area contributed by atoms with Crippen molar-refractivity contribution in [2.24, 2.45) is 0 Å². The van der Waals surface area contributed by atoms with Crippen molar-refractivity contribution in [3.63, 3.8) is 0 Å². The molecule has 1 aromatic heterocycles. The summed E-state index contributed by atoms with van der Waals surface area (Å²) in [5, 5.41) is 0. The van der Waals surface area contributed by atoms with E-state index in [1.54, 1.807) is 4.90 Å². The Hall–Kier alpha value is -3.41. The zero-order chi connectivity index (χ0) is 22.5. The van der Waals surface area contributed by atoms with Gasteiger partial charge in [-0.1, -0.05) is 35.9 Å². The second-order valence-corrected chi connectivity index (χ2v) is 8.32. The van der Waals surface area contributed by atoms with Crippen LogP contribution in [0.1, 0.15) is 36.3 Å². The molecule has 6 nitrogen and oxygen atoms in total. The zero-order valence-electron chi connectivity index (χ0n) is 18.7. The molecule has 1 aliphatic rings. The second-order valence-electron chi connectivity index (χ2n) is 8.32. The number of carbonyl (C=O) groups is 2. The van der Waals surface area contributed by atoms with Gasteiger partial charge in [0.15, 0.2) is 0 Å². The molecule has 3 aromatic rings. The van der Waals surface area contributed by atoms with E-state index in [-0.39, 0.29) is 24.8 Å². The molecule has 6 heteroatoms. The van der Waals surface area contributed by atoms with E-state index in [0.29, 0.717) is 17.3 Å². The van der Waals surface area contributed by atoms with Gasteiger partial charge in [-0.2, -0.15) is 0 Å². The van der Waals surface area contributed by atoms with E-state index in [0.717, 1.165) is 49.2 Å². The van der Waals surface area contributed by atoms with Crippen LogP contribution in [0.4, 0.5) is 5.69 Å². The van der Waals surface area contributed by atoms with Crippen LogP contribution in [0.15, 0.2) is 59.0 Å². The molecule has 0 bridgehead atoms. The van der Waals surface area contributed by atoms with Gasteiger partial charge < -0.3 is 14.2 Å². The zero-order valence-corrected chi connectivity index (χ0v) is 18.7. The van der Waals surface area contributed by atoms with Crippen LogP contribution in [0.25, 0.3) is 11.5 Å². The topological polar surface area (TPSA) is 66.7 Å². The van der Waals surface area contributed by atoms with Crippen LogP contribution in [0.2, 0.25) is 0 Å². The molecule has 0 spiro atoms. The van der Waals surface area contributed by atoms with Crippen molar-refractivity contribution >= 4 is 17.5 Å². The highest BCUT2D eigenvalue weighted by atomic mass is 16.4. The highest BCUT2D eigenvalue weighted by molar-refractivity contribution is 5.99. The molecule has 1 aliphatic heterocycles. The molecule has 0 saturated carbocycles. The summed E-state index contributed by atoms with van der Waals surface area (Å²) in [5.41, 5.74) is 3.28. The summed E-state index contributed by atoms with van der Waals surface area (Å²) in [7, 11) is 0. The highest BCUT2D eigenvalue weighted by Crippen LogP contribution is 2.23. The maximum atomic E-state index is 13.4. The molecule has 1 saturated heterocycles. The number of anilines is 1. The molecular formula is C26H29N3O3. The Morgan fingerprint density at radius 3 is 2.34 bits per heavy atom. The van der Waals surface area contributed by atoms with Crippen LogP contribution >= 0.6 is 0 Å². The number of benzene rings is 2. The van der Waals surface area contributed by atoms with Gasteiger partial charge in [-0.25, -0.2) is 4.98 Å². The van der Waals surface area contributed by atoms with Crippen LogP contribution in [0.5, 0.6) is 0 Å². The standard InChI is InChI=1S/C26H29N3O3/c1-19-11-13-22(14-12-19)29(18-25(31)28-15-7-4-8-16-28)24(30)17-23-20(2)32-26(27-23)21-9-5-3-6-10-21/h3,5-6,9-14H,4,7-8,15-18H2,1-2H3. The molecule has 32 heavy (non-hydrogen) atoms. The number of amides is 2. The number of aromatic nitrogens is 1. The Kier molecular flexibility index (Phi) is 6.69. The Morgan fingerprint density at radius 1 is 0.969 bits per heavy atom. The fraction of sp³-hybridized carbons (Fsp3) is 0.346. The lowest BCUT2D eigenvalue weighted by atomic mass is 10.1. The summed E-state index contributed by atoms with van der Waals surface area (Å²) in [6.45, 7) is 5.37. The van der Waals surface area contributed by atoms with E-state index >= 15 is 0 Å². The molecule has 2 amide bonds. The van der Waals surface area contributed by atoms with E-state index < -0.39 is 0 Å². The predicted molar refractivity (Wildman–Crippen MR) is 124 cm³/mol. The molecule has 166 valence electrons. The van der Waals surface area contributed by atoms with Gasteiger partial charge >= 0.3 is 0 Å². The van der Waals surface area contributed by atoms with E-state index in [1.807, 2.05) is 73.3 Å². The van der Waals surface area contributed by atoms with Gasteiger partial charge in [0.1, 0.15) is 12.3 Å². The maximum absolute atomic E-state index is 13.4. The first kappa shape index (κ1) is 21.8. The molecule has 0 unspecified atom stereocenters. The van der Waals surface area contributed by atoms with E-state index in [1.165, 1.54) is 0 Å². The van der Waals surface area contributed by atoms with Gasteiger partial charge in [0, 0.05) is 24.3 Å². The molecule has 2 aromatic carbocycles. The summed E-state index contributed by atoms with van der Waals surface area (Å²) in [5.74, 6) is 0.927. The molecule has 0 aliphatic carbocycles. The van der Waals surface area contributed by atoms with Gasteiger partial charge in [0.25, 0.3) is 0 Å². The lowest BCUT2D eigenvalue weighted by Gasteiger charge is -2.30. The van der Waals surface area contributed by atoms with Crippen LogP contribution < -0.4 is 4.90 Å². The molecule has 4 rings (SSSR count). The summed E-state index contributed by atoms with van der Waals surface area (Å²) in [4.78, 5) is 34.4. The van der Waals surface area contributed by atoms with Crippen molar-refractivity contribution in [2.75, 3.05) is 24.5 Å². The van der Waals surface area contributed by atoms with Crippen molar-refractivity contribution in [1.82, 2.24) is 9.88 Å². The second kappa shape index (κ2) is 9.81. The van der Waals surface area contributed by atoms with Gasteiger partial charge in [-0.15, -0.1) is 0 Å². The Balaban J connectivity index is 1.55. The SMILES string of the molecule is Cc1ccc(N(CC(=O)N2CCCCC2)C(=O)Cc2nc(-c3ccccc3)oc2C)cc1. The number of hydrogen-bond acceptors (Lipinski definition) is 4. The van der Waals surface area contributed by atoms with E-state index in [4.69, 9.17) is 4.42 Å². The first-order valence-corrected chi connectivity index (χ1v) is 11.2. The van der Waals surface area contributed by atoms with Gasteiger partial charge in [-0.3, -0.25) is 9.59 Å². The van der Waals surface area contributed by atoms with Crippen molar-refractivity contribution < 1.29 is 14.0 Å².